The predicted molar refractivity (Wildman–Crippen MR) is 193 cm³/mol. The van der Waals surface area contributed by atoms with Gasteiger partial charge in [0.1, 0.15) is 24.7 Å². The summed E-state index contributed by atoms with van der Waals surface area (Å²) in [4.78, 5) is 46.9. The van der Waals surface area contributed by atoms with Gasteiger partial charge in [-0.3, -0.25) is 29.6 Å². The van der Waals surface area contributed by atoms with Gasteiger partial charge in [-0.15, -0.1) is 0 Å². The van der Waals surface area contributed by atoms with Gasteiger partial charge >= 0.3 is 0 Å². The van der Waals surface area contributed by atoms with Crippen LogP contribution in [0, 0.1) is 10.1 Å². The molecule has 2 amide bonds. The Morgan fingerprint density at radius 2 is 1.37 bits per heavy atom. The first-order valence-corrected chi connectivity index (χ1v) is 16.8. The molecule has 4 heterocycles. The number of carbonyl (C=O) groups excluding carboxylic acids is 2. The maximum atomic E-state index is 13.6. The largest absolute Gasteiger partial charge is 0.489 e. The highest BCUT2D eigenvalue weighted by Crippen LogP contribution is 2.39. The van der Waals surface area contributed by atoms with E-state index in [-0.39, 0.29) is 42.8 Å². The molecule has 4 aliphatic rings. The molecule has 0 saturated carbocycles. The molecule has 0 aromatic heterocycles. The van der Waals surface area contributed by atoms with Crippen molar-refractivity contribution >= 4 is 46.5 Å². The van der Waals surface area contributed by atoms with E-state index in [0.717, 1.165) is 23.4 Å². The lowest BCUT2D eigenvalue weighted by molar-refractivity contribution is -0.385. The molecule has 0 saturated heterocycles. The standard InChI is InChI=1S/C40H31N5O6/c46-39-33-11-9-31(18-35(33)41-20-29-16-26-5-1-3-7-37(26)43(29)39)50-22-24-13-25(15-28(14-24)45(48)49)23-51-32-10-12-34-36(19-32)42-21-30-17-27-6-2-4-8-38(27)44(30)40(34)47/h1-15,18-20,29-30,42H,16-17,21-23H2/t29-,30-/m0/s1. The van der Waals surface area contributed by atoms with Crippen LogP contribution in [0.25, 0.3) is 0 Å². The van der Waals surface area contributed by atoms with E-state index in [2.05, 4.69) is 16.4 Å². The second-order valence-corrected chi connectivity index (χ2v) is 13.1. The highest BCUT2D eigenvalue weighted by Gasteiger charge is 2.38. The van der Waals surface area contributed by atoms with Gasteiger partial charge in [0.25, 0.3) is 17.5 Å². The third-order valence-electron chi connectivity index (χ3n) is 9.92. The second kappa shape index (κ2) is 12.1. The third-order valence-corrected chi connectivity index (χ3v) is 9.92. The van der Waals surface area contributed by atoms with Crippen molar-refractivity contribution in [3.63, 3.8) is 0 Å². The molecule has 5 aromatic carbocycles. The predicted octanol–water partition coefficient (Wildman–Crippen LogP) is 7.04. The van der Waals surface area contributed by atoms with Gasteiger partial charge in [0.05, 0.1) is 39.5 Å². The normalized spacial score (nSPS) is 18.0. The fourth-order valence-electron chi connectivity index (χ4n) is 7.53. The van der Waals surface area contributed by atoms with Gasteiger partial charge in [0.2, 0.25) is 0 Å². The number of nitro benzene ring substituents is 1. The van der Waals surface area contributed by atoms with Crippen molar-refractivity contribution in [2.24, 2.45) is 4.99 Å². The van der Waals surface area contributed by atoms with Crippen molar-refractivity contribution in [3.05, 3.63) is 147 Å². The summed E-state index contributed by atoms with van der Waals surface area (Å²) in [5.74, 6) is 0.848. The molecule has 0 radical (unpaired) electrons. The van der Waals surface area contributed by atoms with E-state index in [1.54, 1.807) is 53.6 Å². The molecule has 1 N–H and O–H groups in total. The van der Waals surface area contributed by atoms with Crippen LogP contribution in [0.4, 0.5) is 28.4 Å². The lowest BCUT2D eigenvalue weighted by Gasteiger charge is -2.22. The highest BCUT2D eigenvalue weighted by molar-refractivity contribution is 6.14. The van der Waals surface area contributed by atoms with Crippen LogP contribution in [0.5, 0.6) is 11.5 Å². The Bertz CT molecular complexity index is 2300. The van der Waals surface area contributed by atoms with Crippen LogP contribution in [-0.2, 0) is 26.1 Å². The van der Waals surface area contributed by atoms with Crippen LogP contribution in [0.2, 0.25) is 0 Å². The Labute approximate surface area is 292 Å². The number of nitrogens with one attached hydrogen (secondary N) is 1. The van der Waals surface area contributed by atoms with E-state index >= 15 is 0 Å². The molecule has 4 aliphatic heterocycles. The highest BCUT2D eigenvalue weighted by atomic mass is 16.6. The number of anilines is 3. The van der Waals surface area contributed by atoms with E-state index in [1.165, 1.54) is 17.7 Å². The first-order chi connectivity index (χ1) is 24.9. The Balaban J connectivity index is 0.897. The van der Waals surface area contributed by atoms with Gasteiger partial charge in [-0.1, -0.05) is 36.4 Å². The van der Waals surface area contributed by atoms with E-state index in [0.29, 0.717) is 58.1 Å². The molecule has 252 valence electrons. The SMILES string of the molecule is O=C1c2ccc(OCc3cc(COc4ccc5c(c4)N=C[C@@H]4Cc6ccccc6N4C5=O)cc([N+](=O)[O-])c3)cc2NC[C@@H]2Cc3ccccc3N12. The van der Waals surface area contributed by atoms with Crippen molar-refractivity contribution in [1.29, 1.82) is 0 Å². The second-order valence-electron chi connectivity index (χ2n) is 13.1. The minimum atomic E-state index is -0.442. The molecule has 0 aliphatic carbocycles. The van der Waals surface area contributed by atoms with Gasteiger partial charge in [-0.2, -0.15) is 0 Å². The number of carbonyl (C=O) groups is 2. The molecule has 5 aromatic rings. The number of nitrogens with zero attached hydrogens (tertiary/aromatic N) is 4. The number of hydrogen-bond acceptors (Lipinski definition) is 8. The average molecular weight is 678 g/mol. The first kappa shape index (κ1) is 30.6. The number of hydrogen-bond donors (Lipinski definition) is 1. The van der Waals surface area contributed by atoms with Gasteiger partial charge < -0.3 is 19.7 Å². The Morgan fingerprint density at radius 1 is 0.745 bits per heavy atom. The fraction of sp³-hybridized carbons (Fsp3) is 0.175. The molecule has 11 nitrogen and oxygen atoms in total. The summed E-state index contributed by atoms with van der Waals surface area (Å²) >= 11 is 0. The molecule has 0 spiro atoms. The topological polar surface area (TPSA) is 127 Å². The monoisotopic (exact) mass is 677 g/mol. The van der Waals surface area contributed by atoms with Crippen LogP contribution < -0.4 is 24.6 Å². The van der Waals surface area contributed by atoms with E-state index in [1.807, 2.05) is 47.4 Å². The Kier molecular flexibility index (Phi) is 7.27. The Morgan fingerprint density at radius 3 is 2.10 bits per heavy atom. The number of rotatable bonds is 7. The van der Waals surface area contributed by atoms with Crippen LogP contribution in [0.3, 0.4) is 0 Å². The number of ether oxygens (including phenoxy) is 2. The van der Waals surface area contributed by atoms with Gasteiger partial charge in [-0.05, 0) is 71.1 Å². The number of amides is 2. The summed E-state index contributed by atoms with van der Waals surface area (Å²) < 4.78 is 12.2. The third kappa shape index (κ3) is 5.43. The minimum Gasteiger partial charge on any atom is -0.489 e. The Hall–Kier alpha value is -6.49. The maximum Gasteiger partial charge on any atom is 0.270 e. The van der Waals surface area contributed by atoms with Crippen molar-refractivity contribution in [2.45, 2.75) is 38.1 Å². The summed E-state index contributed by atoms with van der Waals surface area (Å²) in [5.41, 5.74) is 7.48. The summed E-state index contributed by atoms with van der Waals surface area (Å²) in [6.45, 7) is 0.727. The van der Waals surface area contributed by atoms with Crippen LogP contribution >= 0.6 is 0 Å². The molecule has 0 fully saturated rings. The maximum absolute atomic E-state index is 13.6. The lowest BCUT2D eigenvalue weighted by atomic mass is 10.1. The molecule has 0 bridgehead atoms. The van der Waals surface area contributed by atoms with Gasteiger partial charge in [0.15, 0.2) is 0 Å². The average Bonchev–Trinajstić information content (AvgIpc) is 3.64. The zero-order valence-corrected chi connectivity index (χ0v) is 27.3. The fourth-order valence-corrected chi connectivity index (χ4v) is 7.53. The van der Waals surface area contributed by atoms with Crippen LogP contribution in [0.15, 0.2) is 108 Å². The first-order valence-electron chi connectivity index (χ1n) is 16.8. The summed E-state index contributed by atoms with van der Waals surface area (Å²) in [7, 11) is 0. The summed E-state index contributed by atoms with van der Waals surface area (Å²) in [5, 5.41) is 15.3. The summed E-state index contributed by atoms with van der Waals surface area (Å²) in [6, 6.07) is 31.0. The van der Waals surface area contributed by atoms with Crippen LogP contribution in [-0.4, -0.2) is 41.6 Å². The van der Waals surface area contributed by atoms with Crippen molar-refractivity contribution in [3.8, 4) is 11.5 Å². The number of benzene rings is 5. The van der Waals surface area contributed by atoms with Gasteiger partial charge in [0, 0.05) is 54.8 Å². The van der Waals surface area contributed by atoms with Crippen molar-refractivity contribution in [1.82, 2.24) is 0 Å². The number of fused-ring (bicyclic) bond motifs is 8. The molecule has 51 heavy (non-hydrogen) atoms. The molecule has 11 heteroatoms. The number of nitro groups is 1. The van der Waals surface area contributed by atoms with E-state index in [9.17, 15) is 19.7 Å². The van der Waals surface area contributed by atoms with E-state index in [4.69, 9.17) is 9.47 Å². The van der Waals surface area contributed by atoms with Crippen LogP contribution in [0.1, 0.15) is 43.0 Å². The molecule has 0 unspecified atom stereocenters. The van der Waals surface area contributed by atoms with E-state index < -0.39 is 4.92 Å². The minimum absolute atomic E-state index is 0.0223. The lowest BCUT2D eigenvalue weighted by Crippen LogP contribution is -2.39. The van der Waals surface area contributed by atoms with Crippen molar-refractivity contribution < 1.29 is 24.0 Å². The number of non-ortho nitro benzene ring substituents is 1. The molecule has 2 atom stereocenters. The van der Waals surface area contributed by atoms with Gasteiger partial charge in [-0.25, -0.2) is 0 Å². The number of para-hydroxylation sites is 2. The molecular formula is C40H31N5O6. The quantitative estimate of drug-likeness (QED) is 0.145. The zero-order chi connectivity index (χ0) is 34.6. The molecular weight excluding hydrogens is 646 g/mol. The smallest absolute Gasteiger partial charge is 0.270 e. The zero-order valence-electron chi connectivity index (χ0n) is 27.3. The molecule has 9 rings (SSSR count). The number of aliphatic imine (C=N–C) groups is 1. The summed E-state index contributed by atoms with van der Waals surface area (Å²) in [6.07, 6.45) is 3.31. The van der Waals surface area contributed by atoms with Crippen molar-refractivity contribution in [2.75, 3.05) is 21.7 Å².